The maximum absolute atomic E-state index is 10.7. The number of aromatic hydroxyl groups is 1. The molecule has 0 heterocycles. The molecule has 0 amide bonds. The molecule has 0 unspecified atom stereocenters. The third-order valence-electron chi connectivity index (χ3n) is 4.49. The summed E-state index contributed by atoms with van der Waals surface area (Å²) in [6.07, 6.45) is 0. The number of benzene rings is 1. The first-order chi connectivity index (χ1) is 13.3. The van der Waals surface area contributed by atoms with Crippen LogP contribution in [0.2, 0.25) is 0 Å². The Labute approximate surface area is 172 Å². The predicted molar refractivity (Wildman–Crippen MR) is 119 cm³/mol. The van der Waals surface area contributed by atoms with Crippen molar-refractivity contribution in [2.45, 2.75) is 19.6 Å². The first kappa shape index (κ1) is 24.8. The van der Waals surface area contributed by atoms with Crippen molar-refractivity contribution in [3.63, 3.8) is 0 Å². The molecule has 7 nitrogen and oxygen atoms in total. The van der Waals surface area contributed by atoms with Crippen molar-refractivity contribution in [1.82, 2.24) is 30.7 Å². The van der Waals surface area contributed by atoms with E-state index in [1.807, 2.05) is 0 Å². The minimum absolute atomic E-state index is 0.409. The van der Waals surface area contributed by atoms with Gasteiger partial charge in [0.05, 0.1) is 0 Å². The quantitative estimate of drug-likeness (QED) is 0.320. The summed E-state index contributed by atoms with van der Waals surface area (Å²) in [5, 5.41) is 21.1. The summed E-state index contributed by atoms with van der Waals surface area (Å²) < 4.78 is 0. The Morgan fingerprint density at radius 2 is 1.00 bits per heavy atom. The van der Waals surface area contributed by atoms with E-state index in [-0.39, 0.29) is 0 Å². The third kappa shape index (κ3) is 10.9. The lowest BCUT2D eigenvalue weighted by Gasteiger charge is -2.17. The molecule has 4 N–H and O–H groups in total. The predicted octanol–water partition coefficient (Wildman–Crippen LogP) is 0.346. The fraction of sp³-hybridized carbons (Fsp3) is 0.714. The second-order valence-electron chi connectivity index (χ2n) is 8.20. The van der Waals surface area contributed by atoms with Crippen LogP contribution in [0, 0.1) is 0 Å². The fourth-order valence-electron chi connectivity index (χ4n) is 2.79. The first-order valence-corrected chi connectivity index (χ1v) is 10.2. The standard InChI is InChI=1S/C21H42N6O/c1-25(2)10-7-22-15-18-13-19(16-23-8-11-26(3)4)21(28)20(14-18)17-24-9-12-27(5)6/h13-14,22-24,28H,7-12,15-17H2,1-6H3. The van der Waals surface area contributed by atoms with Gasteiger partial charge in [-0.2, -0.15) is 0 Å². The van der Waals surface area contributed by atoms with Crippen LogP contribution in [0.4, 0.5) is 0 Å². The number of rotatable bonds is 15. The summed E-state index contributed by atoms with van der Waals surface area (Å²) in [6, 6.07) is 4.23. The van der Waals surface area contributed by atoms with Gasteiger partial charge in [0, 0.05) is 70.0 Å². The summed E-state index contributed by atoms with van der Waals surface area (Å²) in [5.41, 5.74) is 3.15. The second-order valence-corrected chi connectivity index (χ2v) is 8.20. The fourth-order valence-corrected chi connectivity index (χ4v) is 2.79. The van der Waals surface area contributed by atoms with Crippen LogP contribution < -0.4 is 16.0 Å². The van der Waals surface area contributed by atoms with Crippen LogP contribution in [0.15, 0.2) is 12.1 Å². The maximum Gasteiger partial charge on any atom is 0.124 e. The van der Waals surface area contributed by atoms with Crippen LogP contribution in [-0.4, -0.2) is 101 Å². The van der Waals surface area contributed by atoms with Crippen molar-refractivity contribution in [2.24, 2.45) is 0 Å². The molecule has 0 spiro atoms. The van der Waals surface area contributed by atoms with Crippen molar-refractivity contribution < 1.29 is 5.11 Å². The van der Waals surface area contributed by atoms with E-state index in [1.165, 1.54) is 5.56 Å². The second kappa shape index (κ2) is 13.9. The zero-order chi connectivity index (χ0) is 20.9. The molecule has 0 saturated heterocycles. The van der Waals surface area contributed by atoms with Gasteiger partial charge in [0.25, 0.3) is 0 Å². The monoisotopic (exact) mass is 394 g/mol. The lowest BCUT2D eigenvalue weighted by atomic mass is 10.0. The zero-order valence-electron chi connectivity index (χ0n) is 18.8. The van der Waals surface area contributed by atoms with Crippen LogP contribution in [0.25, 0.3) is 0 Å². The van der Waals surface area contributed by atoms with Crippen LogP contribution >= 0.6 is 0 Å². The van der Waals surface area contributed by atoms with Crippen LogP contribution in [-0.2, 0) is 19.6 Å². The molecule has 162 valence electrons. The van der Waals surface area contributed by atoms with Gasteiger partial charge in [0.1, 0.15) is 5.75 Å². The lowest BCUT2D eigenvalue weighted by molar-refractivity contribution is 0.394. The smallest absolute Gasteiger partial charge is 0.124 e. The highest BCUT2D eigenvalue weighted by Gasteiger charge is 2.10. The molecule has 0 aliphatic rings. The molecule has 1 rings (SSSR count). The highest BCUT2D eigenvalue weighted by atomic mass is 16.3. The largest absolute Gasteiger partial charge is 0.507 e. The van der Waals surface area contributed by atoms with Gasteiger partial charge in [-0.05, 0) is 60.0 Å². The summed E-state index contributed by atoms with van der Waals surface area (Å²) in [4.78, 5) is 6.47. The zero-order valence-corrected chi connectivity index (χ0v) is 18.8. The molecule has 0 bridgehead atoms. The van der Waals surface area contributed by atoms with Crippen LogP contribution in [0.3, 0.4) is 0 Å². The van der Waals surface area contributed by atoms with Gasteiger partial charge in [-0.15, -0.1) is 0 Å². The van der Waals surface area contributed by atoms with Gasteiger partial charge in [0.15, 0.2) is 0 Å². The van der Waals surface area contributed by atoms with E-state index in [2.05, 4.69) is 85.1 Å². The van der Waals surface area contributed by atoms with E-state index >= 15 is 0 Å². The summed E-state index contributed by atoms with van der Waals surface area (Å²) in [6.45, 7) is 7.87. The average Bonchev–Trinajstić information content (AvgIpc) is 2.61. The number of likely N-dealkylation sites (N-methyl/N-ethyl adjacent to an activating group) is 3. The molecule has 28 heavy (non-hydrogen) atoms. The molecular formula is C21H42N6O. The molecule has 0 saturated carbocycles. The van der Waals surface area contributed by atoms with E-state index in [0.29, 0.717) is 18.8 Å². The van der Waals surface area contributed by atoms with E-state index in [0.717, 1.165) is 56.9 Å². The maximum atomic E-state index is 10.7. The van der Waals surface area contributed by atoms with Gasteiger partial charge in [-0.25, -0.2) is 0 Å². The number of phenols is 1. The van der Waals surface area contributed by atoms with Gasteiger partial charge in [-0.1, -0.05) is 0 Å². The van der Waals surface area contributed by atoms with Crippen molar-refractivity contribution in [1.29, 1.82) is 0 Å². The third-order valence-corrected chi connectivity index (χ3v) is 4.49. The highest BCUT2D eigenvalue weighted by molar-refractivity contribution is 5.44. The molecule has 1 aromatic rings. The van der Waals surface area contributed by atoms with Gasteiger partial charge in [-0.3, -0.25) is 0 Å². The molecule has 0 radical (unpaired) electrons. The lowest BCUT2D eigenvalue weighted by Crippen LogP contribution is -2.28. The number of hydrogen-bond donors (Lipinski definition) is 4. The Hall–Kier alpha value is -1.22. The van der Waals surface area contributed by atoms with E-state index in [1.54, 1.807) is 0 Å². The van der Waals surface area contributed by atoms with E-state index < -0.39 is 0 Å². The van der Waals surface area contributed by atoms with Gasteiger partial charge < -0.3 is 35.8 Å². The minimum Gasteiger partial charge on any atom is -0.507 e. The first-order valence-electron chi connectivity index (χ1n) is 10.2. The Kier molecular flexibility index (Phi) is 12.3. The summed E-state index contributed by atoms with van der Waals surface area (Å²) in [5.74, 6) is 0.409. The molecule has 0 aliphatic heterocycles. The van der Waals surface area contributed by atoms with E-state index in [9.17, 15) is 5.11 Å². The van der Waals surface area contributed by atoms with Gasteiger partial charge >= 0.3 is 0 Å². The Balaban J connectivity index is 2.73. The van der Waals surface area contributed by atoms with Gasteiger partial charge in [0.2, 0.25) is 0 Å². The van der Waals surface area contributed by atoms with E-state index in [4.69, 9.17) is 0 Å². The minimum atomic E-state index is 0.409. The van der Waals surface area contributed by atoms with Crippen molar-refractivity contribution in [2.75, 3.05) is 81.6 Å². The number of phenolic OH excluding ortho intramolecular Hbond substituents is 1. The molecule has 0 atom stereocenters. The molecule has 0 aromatic heterocycles. The highest BCUT2D eigenvalue weighted by Crippen LogP contribution is 2.25. The van der Waals surface area contributed by atoms with Crippen LogP contribution in [0.5, 0.6) is 5.75 Å². The van der Waals surface area contributed by atoms with Crippen LogP contribution in [0.1, 0.15) is 16.7 Å². The Morgan fingerprint density at radius 1 is 0.643 bits per heavy atom. The topological polar surface area (TPSA) is 66.0 Å². The normalized spacial score (nSPS) is 11.9. The Morgan fingerprint density at radius 3 is 1.36 bits per heavy atom. The van der Waals surface area contributed by atoms with Crippen molar-refractivity contribution in [3.8, 4) is 5.75 Å². The molecule has 7 heteroatoms. The molecule has 0 fully saturated rings. The molecular weight excluding hydrogens is 352 g/mol. The summed E-state index contributed by atoms with van der Waals surface area (Å²) >= 11 is 0. The van der Waals surface area contributed by atoms with Crippen molar-refractivity contribution in [3.05, 3.63) is 28.8 Å². The average molecular weight is 395 g/mol. The summed E-state index contributed by atoms with van der Waals surface area (Å²) in [7, 11) is 12.4. The number of nitrogens with one attached hydrogen (secondary N) is 3. The number of nitrogens with zero attached hydrogens (tertiary/aromatic N) is 3. The van der Waals surface area contributed by atoms with Crippen molar-refractivity contribution >= 4 is 0 Å². The molecule has 1 aromatic carbocycles. The SMILES string of the molecule is CN(C)CCNCc1cc(CNCCN(C)C)c(O)c(CNCCN(C)C)c1. The Bertz CT molecular complexity index is 511. The number of hydrogen-bond acceptors (Lipinski definition) is 7. The molecule has 0 aliphatic carbocycles.